The smallest absolute Gasteiger partial charge is 0.409 e. The standard InChI is InChI=1S/C15H19BrN2O3/c1-3-21-15(20)18-8-6-17(7-9-18)14(19)12-5-4-11(2)10-13(12)16/h4-5,10H,3,6-9H2,1-2H3. The van der Waals surface area contributed by atoms with Crippen LogP contribution in [-0.2, 0) is 4.74 Å². The summed E-state index contributed by atoms with van der Waals surface area (Å²) in [6.45, 7) is 6.20. The molecule has 0 saturated carbocycles. The van der Waals surface area contributed by atoms with E-state index in [1.807, 2.05) is 25.1 Å². The van der Waals surface area contributed by atoms with E-state index in [0.29, 0.717) is 38.3 Å². The molecule has 114 valence electrons. The molecule has 1 fully saturated rings. The molecular weight excluding hydrogens is 336 g/mol. The van der Waals surface area contributed by atoms with E-state index >= 15 is 0 Å². The summed E-state index contributed by atoms with van der Waals surface area (Å²) < 4.78 is 5.78. The maximum atomic E-state index is 12.5. The monoisotopic (exact) mass is 354 g/mol. The highest BCUT2D eigenvalue weighted by molar-refractivity contribution is 9.10. The summed E-state index contributed by atoms with van der Waals surface area (Å²) in [5.74, 6) is -0.00890. The molecule has 6 heteroatoms. The van der Waals surface area contributed by atoms with Crippen molar-refractivity contribution >= 4 is 27.9 Å². The van der Waals surface area contributed by atoms with Crippen molar-refractivity contribution in [1.82, 2.24) is 9.80 Å². The number of piperazine rings is 1. The Balaban J connectivity index is 1.98. The predicted octanol–water partition coefficient (Wildman–Crippen LogP) is 2.67. The Bertz CT molecular complexity index is 540. The predicted molar refractivity (Wildman–Crippen MR) is 83.4 cm³/mol. The highest BCUT2D eigenvalue weighted by Gasteiger charge is 2.26. The van der Waals surface area contributed by atoms with Crippen LogP contribution in [0.5, 0.6) is 0 Å². The van der Waals surface area contributed by atoms with Crippen LogP contribution in [0.1, 0.15) is 22.8 Å². The van der Waals surface area contributed by atoms with Gasteiger partial charge >= 0.3 is 6.09 Å². The molecule has 0 aromatic heterocycles. The molecule has 0 radical (unpaired) electrons. The van der Waals surface area contributed by atoms with Crippen molar-refractivity contribution in [2.24, 2.45) is 0 Å². The van der Waals surface area contributed by atoms with E-state index in [9.17, 15) is 9.59 Å². The van der Waals surface area contributed by atoms with Crippen molar-refractivity contribution in [2.75, 3.05) is 32.8 Å². The van der Waals surface area contributed by atoms with Crippen LogP contribution in [0.15, 0.2) is 22.7 Å². The molecule has 0 aliphatic carbocycles. The van der Waals surface area contributed by atoms with Gasteiger partial charge < -0.3 is 14.5 Å². The van der Waals surface area contributed by atoms with Crippen LogP contribution in [0.3, 0.4) is 0 Å². The first-order valence-electron chi connectivity index (χ1n) is 7.00. The molecule has 2 rings (SSSR count). The fourth-order valence-electron chi connectivity index (χ4n) is 2.27. The number of aryl methyl sites for hydroxylation is 1. The second-order valence-electron chi connectivity index (χ2n) is 4.96. The summed E-state index contributed by atoms with van der Waals surface area (Å²) in [4.78, 5) is 27.5. The van der Waals surface area contributed by atoms with Crippen LogP contribution in [0.25, 0.3) is 0 Å². The molecule has 1 aromatic rings. The lowest BCUT2D eigenvalue weighted by atomic mass is 10.1. The van der Waals surface area contributed by atoms with Gasteiger partial charge in [-0.05, 0) is 47.5 Å². The number of ether oxygens (including phenoxy) is 1. The van der Waals surface area contributed by atoms with Crippen LogP contribution in [0, 0.1) is 6.92 Å². The Labute approximate surface area is 133 Å². The lowest BCUT2D eigenvalue weighted by molar-refractivity contribution is 0.0570. The number of rotatable bonds is 2. The average Bonchev–Trinajstić information content (AvgIpc) is 2.47. The molecule has 21 heavy (non-hydrogen) atoms. The zero-order valence-corrected chi connectivity index (χ0v) is 13.9. The molecule has 1 heterocycles. The molecule has 0 atom stereocenters. The first-order chi connectivity index (χ1) is 10.0. The minimum atomic E-state index is -0.305. The molecule has 0 unspecified atom stereocenters. The van der Waals surface area contributed by atoms with E-state index in [2.05, 4.69) is 15.9 Å². The highest BCUT2D eigenvalue weighted by atomic mass is 79.9. The minimum Gasteiger partial charge on any atom is -0.450 e. The van der Waals surface area contributed by atoms with Crippen molar-refractivity contribution in [3.63, 3.8) is 0 Å². The van der Waals surface area contributed by atoms with Gasteiger partial charge in [0.2, 0.25) is 0 Å². The van der Waals surface area contributed by atoms with Gasteiger partial charge in [-0.15, -0.1) is 0 Å². The maximum Gasteiger partial charge on any atom is 0.409 e. The number of carbonyl (C=O) groups is 2. The second kappa shape index (κ2) is 6.93. The fourth-order valence-corrected chi connectivity index (χ4v) is 2.93. The number of carbonyl (C=O) groups excluding carboxylic acids is 2. The van der Waals surface area contributed by atoms with Gasteiger partial charge in [0.05, 0.1) is 12.2 Å². The zero-order valence-electron chi connectivity index (χ0n) is 12.3. The zero-order chi connectivity index (χ0) is 15.4. The van der Waals surface area contributed by atoms with E-state index in [0.717, 1.165) is 10.0 Å². The van der Waals surface area contributed by atoms with Gasteiger partial charge in [0, 0.05) is 30.7 Å². The number of halogens is 1. The number of benzene rings is 1. The summed E-state index contributed by atoms with van der Waals surface area (Å²) in [5, 5.41) is 0. The summed E-state index contributed by atoms with van der Waals surface area (Å²) in [6, 6.07) is 5.69. The Morgan fingerprint density at radius 2 is 1.81 bits per heavy atom. The van der Waals surface area contributed by atoms with Gasteiger partial charge in [0.1, 0.15) is 0 Å². The summed E-state index contributed by atoms with van der Waals surface area (Å²) in [6.07, 6.45) is -0.305. The quantitative estimate of drug-likeness (QED) is 0.820. The molecule has 5 nitrogen and oxygen atoms in total. The van der Waals surface area contributed by atoms with E-state index in [4.69, 9.17) is 4.74 Å². The lowest BCUT2D eigenvalue weighted by Gasteiger charge is -2.34. The number of hydrogen-bond acceptors (Lipinski definition) is 3. The van der Waals surface area contributed by atoms with Crippen LogP contribution in [0.2, 0.25) is 0 Å². The number of hydrogen-bond donors (Lipinski definition) is 0. The van der Waals surface area contributed by atoms with Gasteiger partial charge in [-0.25, -0.2) is 4.79 Å². The van der Waals surface area contributed by atoms with Crippen molar-refractivity contribution < 1.29 is 14.3 Å². The normalized spacial score (nSPS) is 15.0. The maximum absolute atomic E-state index is 12.5. The molecule has 0 spiro atoms. The van der Waals surface area contributed by atoms with Crippen LogP contribution in [0.4, 0.5) is 4.79 Å². The first kappa shape index (κ1) is 15.8. The topological polar surface area (TPSA) is 49.9 Å². The Kier molecular flexibility index (Phi) is 5.22. The van der Waals surface area contributed by atoms with Gasteiger partial charge in [0.15, 0.2) is 0 Å². The van der Waals surface area contributed by atoms with Gasteiger partial charge in [-0.2, -0.15) is 0 Å². The van der Waals surface area contributed by atoms with Gasteiger partial charge in [0.25, 0.3) is 5.91 Å². The lowest BCUT2D eigenvalue weighted by Crippen LogP contribution is -2.50. The highest BCUT2D eigenvalue weighted by Crippen LogP contribution is 2.20. The van der Waals surface area contributed by atoms with Crippen molar-refractivity contribution in [2.45, 2.75) is 13.8 Å². The van der Waals surface area contributed by atoms with Gasteiger partial charge in [-0.3, -0.25) is 4.79 Å². The molecule has 0 N–H and O–H groups in total. The minimum absolute atomic E-state index is 0.00890. The second-order valence-corrected chi connectivity index (χ2v) is 5.82. The molecule has 0 bridgehead atoms. The van der Waals surface area contributed by atoms with E-state index in [-0.39, 0.29) is 12.0 Å². The molecule has 2 amide bonds. The average molecular weight is 355 g/mol. The molecule has 1 saturated heterocycles. The first-order valence-corrected chi connectivity index (χ1v) is 7.79. The largest absolute Gasteiger partial charge is 0.450 e. The van der Waals surface area contributed by atoms with E-state index < -0.39 is 0 Å². The Morgan fingerprint density at radius 1 is 1.19 bits per heavy atom. The summed E-state index contributed by atoms with van der Waals surface area (Å²) in [7, 11) is 0. The fraction of sp³-hybridized carbons (Fsp3) is 0.467. The van der Waals surface area contributed by atoms with Crippen LogP contribution < -0.4 is 0 Å². The SMILES string of the molecule is CCOC(=O)N1CCN(C(=O)c2ccc(C)cc2Br)CC1. The van der Waals surface area contributed by atoms with Crippen LogP contribution in [-0.4, -0.2) is 54.6 Å². The number of nitrogens with zero attached hydrogens (tertiary/aromatic N) is 2. The Morgan fingerprint density at radius 3 is 2.38 bits per heavy atom. The van der Waals surface area contributed by atoms with Crippen molar-refractivity contribution in [3.05, 3.63) is 33.8 Å². The van der Waals surface area contributed by atoms with Crippen molar-refractivity contribution in [3.8, 4) is 0 Å². The van der Waals surface area contributed by atoms with Gasteiger partial charge in [-0.1, -0.05) is 6.07 Å². The number of amides is 2. The molecule has 1 aliphatic rings. The summed E-state index contributed by atoms with van der Waals surface area (Å²) in [5.41, 5.74) is 1.76. The molecule has 1 aromatic carbocycles. The summed E-state index contributed by atoms with van der Waals surface area (Å²) >= 11 is 3.44. The third-order valence-electron chi connectivity index (χ3n) is 3.45. The van der Waals surface area contributed by atoms with E-state index in [1.165, 1.54) is 0 Å². The third kappa shape index (κ3) is 3.75. The van der Waals surface area contributed by atoms with E-state index in [1.54, 1.807) is 16.7 Å². The molecule has 1 aliphatic heterocycles. The van der Waals surface area contributed by atoms with Crippen molar-refractivity contribution in [1.29, 1.82) is 0 Å². The Hall–Kier alpha value is -1.56. The molecular formula is C15H19BrN2O3. The third-order valence-corrected chi connectivity index (χ3v) is 4.10. The van der Waals surface area contributed by atoms with Crippen LogP contribution >= 0.6 is 15.9 Å².